The molecule has 0 saturated heterocycles. The Bertz CT molecular complexity index is 744. The summed E-state index contributed by atoms with van der Waals surface area (Å²) in [6, 6.07) is 24.8. The van der Waals surface area contributed by atoms with Gasteiger partial charge in [-0.25, -0.2) is 0 Å². The second-order valence-electron chi connectivity index (χ2n) is 5.77. The fourth-order valence-electron chi connectivity index (χ4n) is 2.82. The Morgan fingerprint density at radius 3 is 2.50 bits per heavy atom. The number of hydrogen-bond donors (Lipinski definition) is 2. The molecular formula is C21H22N2O. The summed E-state index contributed by atoms with van der Waals surface area (Å²) in [6.07, 6.45) is 2.51. The lowest BCUT2D eigenvalue weighted by Gasteiger charge is -2.18. The van der Waals surface area contributed by atoms with Crippen molar-refractivity contribution in [2.24, 2.45) is 0 Å². The molecule has 3 nitrogen and oxygen atoms in total. The Balaban J connectivity index is 1.71. The molecule has 3 heteroatoms. The third-order valence-electron chi connectivity index (χ3n) is 4.06. The lowest BCUT2D eigenvalue weighted by Crippen LogP contribution is -2.22. The minimum absolute atomic E-state index is 0.148. The van der Waals surface area contributed by atoms with Crippen LogP contribution in [0.4, 0.5) is 0 Å². The number of hydrogen-bond acceptors (Lipinski definition) is 3. The fourth-order valence-corrected chi connectivity index (χ4v) is 2.82. The predicted octanol–water partition coefficient (Wildman–Crippen LogP) is 3.96. The van der Waals surface area contributed by atoms with Crippen LogP contribution in [0.3, 0.4) is 0 Å². The molecule has 1 heterocycles. The number of aromatic nitrogens is 1. The highest BCUT2D eigenvalue weighted by Gasteiger charge is 2.10. The normalized spacial score (nSPS) is 12.0. The van der Waals surface area contributed by atoms with Crippen LogP contribution in [0.1, 0.15) is 23.6 Å². The van der Waals surface area contributed by atoms with Gasteiger partial charge in [0.1, 0.15) is 0 Å². The average Bonchev–Trinajstić information content (AvgIpc) is 2.67. The standard InChI is InChI=1S/C21H22N2O/c24-14-12-21(18-8-2-1-3-9-18)23-16-17-7-6-10-19(15-17)20-11-4-5-13-22-20/h1-11,13,15,21,23-24H,12,14,16H2/t21-/m1/s1. The molecule has 0 unspecified atom stereocenters. The van der Waals surface area contributed by atoms with E-state index in [4.69, 9.17) is 0 Å². The van der Waals surface area contributed by atoms with Crippen LogP contribution in [0, 0.1) is 0 Å². The predicted molar refractivity (Wildman–Crippen MR) is 97.4 cm³/mol. The Labute approximate surface area is 143 Å². The van der Waals surface area contributed by atoms with Crippen LogP contribution in [0.5, 0.6) is 0 Å². The van der Waals surface area contributed by atoms with Crippen LogP contribution < -0.4 is 5.32 Å². The minimum Gasteiger partial charge on any atom is -0.396 e. The highest BCUT2D eigenvalue weighted by molar-refractivity contribution is 5.59. The molecule has 0 amide bonds. The van der Waals surface area contributed by atoms with Crippen molar-refractivity contribution in [1.82, 2.24) is 10.3 Å². The molecule has 0 radical (unpaired) electrons. The van der Waals surface area contributed by atoms with Gasteiger partial charge in [0.05, 0.1) is 5.69 Å². The van der Waals surface area contributed by atoms with E-state index in [0.717, 1.165) is 17.8 Å². The summed E-state index contributed by atoms with van der Waals surface area (Å²) in [6.45, 7) is 0.917. The smallest absolute Gasteiger partial charge is 0.0702 e. The minimum atomic E-state index is 0.148. The summed E-state index contributed by atoms with van der Waals surface area (Å²) < 4.78 is 0. The van der Waals surface area contributed by atoms with Gasteiger partial charge in [0.15, 0.2) is 0 Å². The lowest BCUT2D eigenvalue weighted by molar-refractivity contribution is 0.265. The van der Waals surface area contributed by atoms with E-state index in [-0.39, 0.29) is 12.6 Å². The molecule has 2 aromatic carbocycles. The zero-order chi connectivity index (χ0) is 16.6. The maximum absolute atomic E-state index is 9.34. The highest BCUT2D eigenvalue weighted by atomic mass is 16.3. The van der Waals surface area contributed by atoms with Gasteiger partial charge < -0.3 is 10.4 Å². The van der Waals surface area contributed by atoms with Crippen LogP contribution >= 0.6 is 0 Å². The monoisotopic (exact) mass is 318 g/mol. The van der Waals surface area contributed by atoms with E-state index in [1.54, 1.807) is 0 Å². The molecule has 24 heavy (non-hydrogen) atoms. The molecule has 0 saturated carbocycles. The molecule has 1 aromatic heterocycles. The molecule has 0 bridgehead atoms. The van der Waals surface area contributed by atoms with Crippen LogP contribution in [-0.4, -0.2) is 16.7 Å². The van der Waals surface area contributed by atoms with Gasteiger partial charge in [-0.05, 0) is 35.7 Å². The van der Waals surface area contributed by atoms with E-state index in [2.05, 4.69) is 46.7 Å². The van der Waals surface area contributed by atoms with Crippen molar-refractivity contribution in [3.8, 4) is 11.3 Å². The number of rotatable bonds is 7. The van der Waals surface area contributed by atoms with Gasteiger partial charge in [-0.2, -0.15) is 0 Å². The first-order chi connectivity index (χ1) is 11.9. The van der Waals surface area contributed by atoms with Crippen molar-refractivity contribution < 1.29 is 5.11 Å². The van der Waals surface area contributed by atoms with Crippen LogP contribution in [0.25, 0.3) is 11.3 Å². The van der Waals surface area contributed by atoms with Crippen LogP contribution in [-0.2, 0) is 6.54 Å². The van der Waals surface area contributed by atoms with Crippen LogP contribution in [0.2, 0.25) is 0 Å². The Morgan fingerprint density at radius 1 is 0.917 bits per heavy atom. The van der Waals surface area contributed by atoms with Crippen molar-refractivity contribution in [1.29, 1.82) is 0 Å². The SMILES string of the molecule is OCC[C@@H](NCc1cccc(-c2ccccn2)c1)c1ccccc1. The molecule has 3 aromatic rings. The molecule has 2 N–H and O–H groups in total. The molecule has 3 rings (SSSR count). The van der Waals surface area contributed by atoms with Gasteiger partial charge in [0.25, 0.3) is 0 Å². The van der Waals surface area contributed by atoms with Gasteiger partial charge in [-0.3, -0.25) is 4.98 Å². The second kappa shape index (κ2) is 8.39. The van der Waals surface area contributed by atoms with E-state index in [9.17, 15) is 5.11 Å². The molecular weight excluding hydrogens is 296 g/mol. The number of benzene rings is 2. The lowest BCUT2D eigenvalue weighted by atomic mass is 10.0. The summed E-state index contributed by atoms with van der Waals surface area (Å²) in [5, 5.41) is 12.9. The Kier molecular flexibility index (Phi) is 5.72. The summed E-state index contributed by atoms with van der Waals surface area (Å²) in [5.41, 5.74) is 4.51. The van der Waals surface area contributed by atoms with E-state index < -0.39 is 0 Å². The average molecular weight is 318 g/mol. The number of pyridine rings is 1. The number of aliphatic hydroxyl groups is 1. The van der Waals surface area contributed by atoms with Gasteiger partial charge >= 0.3 is 0 Å². The van der Waals surface area contributed by atoms with Gasteiger partial charge in [0.2, 0.25) is 0 Å². The maximum atomic E-state index is 9.34. The molecule has 0 aliphatic heterocycles. The van der Waals surface area contributed by atoms with E-state index in [1.807, 2.05) is 42.6 Å². The Hall–Kier alpha value is -2.49. The van der Waals surface area contributed by atoms with Gasteiger partial charge in [0, 0.05) is 31.0 Å². The first-order valence-corrected chi connectivity index (χ1v) is 8.26. The number of aliphatic hydroxyl groups excluding tert-OH is 1. The van der Waals surface area contributed by atoms with Crippen molar-refractivity contribution in [2.45, 2.75) is 19.0 Å². The van der Waals surface area contributed by atoms with Gasteiger partial charge in [-0.1, -0.05) is 54.6 Å². The quantitative estimate of drug-likeness (QED) is 0.693. The van der Waals surface area contributed by atoms with Crippen molar-refractivity contribution >= 4 is 0 Å². The largest absolute Gasteiger partial charge is 0.396 e. The molecule has 122 valence electrons. The number of nitrogens with one attached hydrogen (secondary N) is 1. The van der Waals surface area contributed by atoms with E-state index in [1.165, 1.54) is 11.1 Å². The third kappa shape index (κ3) is 4.28. The topological polar surface area (TPSA) is 45.1 Å². The fraction of sp³-hybridized carbons (Fsp3) is 0.190. The van der Waals surface area contributed by atoms with Crippen LogP contribution in [0.15, 0.2) is 79.0 Å². The first kappa shape index (κ1) is 16.4. The first-order valence-electron chi connectivity index (χ1n) is 8.26. The molecule has 0 fully saturated rings. The molecule has 0 spiro atoms. The van der Waals surface area contributed by atoms with Crippen molar-refractivity contribution in [2.75, 3.05) is 6.61 Å². The summed E-state index contributed by atoms with van der Waals surface area (Å²) in [4.78, 5) is 4.41. The van der Waals surface area contributed by atoms with E-state index in [0.29, 0.717) is 6.42 Å². The van der Waals surface area contributed by atoms with Gasteiger partial charge in [-0.15, -0.1) is 0 Å². The molecule has 0 aliphatic carbocycles. The van der Waals surface area contributed by atoms with Crippen molar-refractivity contribution in [3.63, 3.8) is 0 Å². The molecule has 1 atom stereocenters. The zero-order valence-corrected chi connectivity index (χ0v) is 13.6. The summed E-state index contributed by atoms with van der Waals surface area (Å²) >= 11 is 0. The maximum Gasteiger partial charge on any atom is 0.0702 e. The van der Waals surface area contributed by atoms with Crippen molar-refractivity contribution in [3.05, 3.63) is 90.1 Å². The number of nitrogens with zero attached hydrogens (tertiary/aromatic N) is 1. The highest BCUT2D eigenvalue weighted by Crippen LogP contribution is 2.20. The molecule has 0 aliphatic rings. The zero-order valence-electron chi connectivity index (χ0n) is 13.6. The van der Waals surface area contributed by atoms with E-state index >= 15 is 0 Å². The third-order valence-corrected chi connectivity index (χ3v) is 4.06. The Morgan fingerprint density at radius 2 is 1.75 bits per heavy atom. The summed E-state index contributed by atoms with van der Waals surface area (Å²) in [7, 11) is 0. The second-order valence-corrected chi connectivity index (χ2v) is 5.77. The summed E-state index contributed by atoms with van der Waals surface area (Å²) in [5.74, 6) is 0.